The van der Waals surface area contributed by atoms with Crippen molar-refractivity contribution in [1.29, 1.82) is 0 Å². The van der Waals surface area contributed by atoms with E-state index >= 15 is 0 Å². The van der Waals surface area contributed by atoms with E-state index in [0.717, 1.165) is 0 Å². The number of carbonyl (C=O) groups excluding carboxylic acids is 1. The van der Waals surface area contributed by atoms with Gasteiger partial charge in [-0.2, -0.15) is 0 Å². The van der Waals surface area contributed by atoms with Gasteiger partial charge in [-0.05, 0) is 0 Å². The Labute approximate surface area is 104 Å². The van der Waals surface area contributed by atoms with Gasteiger partial charge in [-0.15, -0.1) is 12.8 Å². The molecule has 2 N–H and O–H groups in total. The smallest absolute Gasteiger partial charge is 0.119 e. The van der Waals surface area contributed by atoms with E-state index in [0.29, 0.717) is 18.8 Å². The molecule has 5 heteroatoms. The van der Waals surface area contributed by atoms with Gasteiger partial charge in [0.25, 0.3) is 0 Å². The zero-order valence-corrected chi connectivity index (χ0v) is 9.34. The van der Waals surface area contributed by atoms with Crippen molar-refractivity contribution >= 4 is 5.91 Å². The third kappa shape index (κ3) is 2.29. The van der Waals surface area contributed by atoms with Crippen LogP contribution in [0.25, 0.3) is 0 Å². The van der Waals surface area contributed by atoms with Crippen LogP contribution in [0.3, 0.4) is 0 Å². The van der Waals surface area contributed by atoms with Crippen LogP contribution in [0.1, 0.15) is 12.8 Å². The van der Waals surface area contributed by atoms with Gasteiger partial charge in [0.1, 0.15) is 5.79 Å². The number of ether oxygens (including phenoxy) is 2. The zero-order chi connectivity index (χ0) is 8.48. The fourth-order valence-electron chi connectivity index (χ4n) is 1.14. The molecule has 0 aromatic rings. The first-order chi connectivity index (χ1) is 5.13. The Morgan fingerprint density at radius 3 is 2.08 bits per heavy atom. The number of carbonyl (C=O) groups is 1. The van der Waals surface area contributed by atoms with Crippen molar-refractivity contribution in [3.8, 4) is 0 Å². The van der Waals surface area contributed by atoms with Gasteiger partial charge in [0, 0.05) is 54.2 Å². The van der Waals surface area contributed by atoms with Crippen molar-refractivity contribution in [3.05, 3.63) is 5.92 Å². The molecule has 1 saturated carbocycles. The molecule has 1 fully saturated rings. The predicted molar refractivity (Wildman–Crippen MR) is 38.4 cm³/mol. The SMILES string of the molecule is COC1(OC)C[C-](C(N)=O)C1.[Gd]. The summed E-state index contributed by atoms with van der Waals surface area (Å²) in [5.41, 5.74) is 5.04. The maximum atomic E-state index is 10.6. The molecule has 0 bridgehead atoms. The molecule has 1 rings (SSSR count). The van der Waals surface area contributed by atoms with E-state index in [9.17, 15) is 4.79 Å². The molecule has 12 heavy (non-hydrogen) atoms. The van der Waals surface area contributed by atoms with Crippen molar-refractivity contribution < 1.29 is 54.2 Å². The third-order valence-corrected chi connectivity index (χ3v) is 2.06. The number of amides is 1. The van der Waals surface area contributed by atoms with Gasteiger partial charge < -0.3 is 20.0 Å². The maximum Gasteiger partial charge on any atom is 0.119 e. The average molecular weight is 315 g/mol. The standard InChI is InChI=1S/C7H12NO3.Gd/c1-10-7(11-2)3-5(4-7)6(8)9;/h3-4H2,1-2H3,(H2,8,9);/q-1;. The number of methoxy groups -OCH3 is 2. The summed E-state index contributed by atoms with van der Waals surface area (Å²) < 4.78 is 10.1. The summed E-state index contributed by atoms with van der Waals surface area (Å²) in [5, 5.41) is 0. The van der Waals surface area contributed by atoms with Crippen LogP contribution in [-0.2, 0) is 14.3 Å². The fourth-order valence-corrected chi connectivity index (χ4v) is 1.14. The minimum Gasteiger partial charge on any atom is -0.394 e. The summed E-state index contributed by atoms with van der Waals surface area (Å²) in [6, 6.07) is 0. The summed E-state index contributed by atoms with van der Waals surface area (Å²) in [6.45, 7) is 0. The van der Waals surface area contributed by atoms with Gasteiger partial charge in [0.2, 0.25) is 0 Å². The Hall–Kier alpha value is 0.585. The van der Waals surface area contributed by atoms with Crippen molar-refractivity contribution in [2.24, 2.45) is 5.73 Å². The summed E-state index contributed by atoms with van der Waals surface area (Å²) in [7, 11) is 3.11. The minimum absolute atomic E-state index is 0. The quantitative estimate of drug-likeness (QED) is 0.581. The van der Waals surface area contributed by atoms with Gasteiger partial charge in [0.05, 0.1) is 5.91 Å². The van der Waals surface area contributed by atoms with Crippen LogP contribution in [0.5, 0.6) is 0 Å². The van der Waals surface area contributed by atoms with Gasteiger partial charge in [-0.1, -0.05) is 0 Å². The van der Waals surface area contributed by atoms with E-state index < -0.39 is 5.79 Å². The van der Waals surface area contributed by atoms with Crippen molar-refractivity contribution in [1.82, 2.24) is 0 Å². The van der Waals surface area contributed by atoms with E-state index in [2.05, 4.69) is 0 Å². The third-order valence-electron chi connectivity index (χ3n) is 2.06. The average Bonchev–Trinajstić information content (AvgIpc) is 1.87. The molecule has 72 valence electrons. The van der Waals surface area contributed by atoms with E-state index in [1.807, 2.05) is 0 Å². The van der Waals surface area contributed by atoms with Crippen LogP contribution >= 0.6 is 0 Å². The van der Waals surface area contributed by atoms with Crippen LogP contribution in [0.15, 0.2) is 0 Å². The molecular formula is C7H12GdNO3-. The number of hydrogen-bond acceptors (Lipinski definition) is 3. The Morgan fingerprint density at radius 2 is 1.83 bits per heavy atom. The molecule has 0 radical (unpaired) electrons. The second kappa shape index (κ2) is 4.72. The molecule has 0 aromatic heterocycles. The monoisotopic (exact) mass is 316 g/mol. The predicted octanol–water partition coefficient (Wildman–Crippen LogP) is -0.171. The molecule has 0 atom stereocenters. The number of nitrogens with two attached hydrogens (primary N) is 1. The molecule has 0 spiro atoms. The van der Waals surface area contributed by atoms with Gasteiger partial charge in [-0.25, -0.2) is 0 Å². The number of primary amides is 1. The molecule has 1 aliphatic carbocycles. The first kappa shape index (κ1) is 12.6. The Kier molecular flexibility index (Phi) is 4.95. The molecule has 1 aliphatic rings. The summed E-state index contributed by atoms with van der Waals surface area (Å²) in [5.74, 6) is -0.242. The molecule has 0 aromatic carbocycles. The first-order valence-corrected chi connectivity index (χ1v) is 3.38. The van der Waals surface area contributed by atoms with Gasteiger partial charge in [-0.3, -0.25) is 5.92 Å². The largest absolute Gasteiger partial charge is 0.394 e. The Bertz CT molecular complexity index is 162. The second-order valence-corrected chi connectivity index (χ2v) is 2.64. The van der Waals surface area contributed by atoms with Crippen LogP contribution in [0.4, 0.5) is 0 Å². The molecule has 0 unspecified atom stereocenters. The van der Waals surface area contributed by atoms with Crippen molar-refractivity contribution in [2.45, 2.75) is 18.6 Å². The maximum absolute atomic E-state index is 10.6. The van der Waals surface area contributed by atoms with Crippen LogP contribution in [0.2, 0.25) is 0 Å². The molecule has 4 nitrogen and oxygen atoms in total. The molecule has 0 heterocycles. The van der Waals surface area contributed by atoms with E-state index in [1.54, 1.807) is 14.2 Å². The molecule has 0 saturated heterocycles. The van der Waals surface area contributed by atoms with Crippen LogP contribution < -0.4 is 5.73 Å². The van der Waals surface area contributed by atoms with Gasteiger partial charge >= 0.3 is 0 Å². The van der Waals surface area contributed by atoms with E-state index in [-0.39, 0.29) is 45.8 Å². The minimum atomic E-state index is -0.579. The molecular weight excluding hydrogens is 303 g/mol. The summed E-state index contributed by atoms with van der Waals surface area (Å²) >= 11 is 0. The van der Waals surface area contributed by atoms with E-state index in [4.69, 9.17) is 15.2 Å². The summed E-state index contributed by atoms with van der Waals surface area (Å²) in [6.07, 6.45) is 0.991. The fraction of sp³-hybridized carbons (Fsp3) is 0.714. The molecule has 0 aliphatic heterocycles. The van der Waals surface area contributed by atoms with Crippen molar-refractivity contribution in [3.63, 3.8) is 0 Å². The molecule has 1 amide bonds. The van der Waals surface area contributed by atoms with E-state index in [1.165, 1.54) is 0 Å². The van der Waals surface area contributed by atoms with Crippen molar-refractivity contribution in [2.75, 3.05) is 14.2 Å². The Morgan fingerprint density at radius 1 is 1.42 bits per heavy atom. The number of rotatable bonds is 3. The second-order valence-electron chi connectivity index (χ2n) is 2.64. The zero-order valence-electron chi connectivity index (χ0n) is 7.07. The summed E-state index contributed by atoms with van der Waals surface area (Å²) in [4.78, 5) is 10.6. The van der Waals surface area contributed by atoms with Crippen LogP contribution in [0, 0.1) is 45.9 Å². The Balaban J connectivity index is 0.00000121. The number of hydrogen-bond donors (Lipinski definition) is 1. The topological polar surface area (TPSA) is 61.6 Å². The normalized spacial score (nSPS) is 19.3. The first-order valence-electron chi connectivity index (χ1n) is 3.38. The van der Waals surface area contributed by atoms with Gasteiger partial charge in [0.15, 0.2) is 0 Å². The van der Waals surface area contributed by atoms with Crippen LogP contribution in [-0.4, -0.2) is 25.9 Å².